The van der Waals surface area contributed by atoms with Gasteiger partial charge in [0.05, 0.1) is 19.3 Å². The minimum absolute atomic E-state index is 0.0619. The van der Waals surface area contributed by atoms with Crippen LogP contribution in [-0.2, 0) is 29.1 Å². The summed E-state index contributed by atoms with van der Waals surface area (Å²) in [6.07, 6.45) is 2.15. The third kappa shape index (κ3) is 6.98. The summed E-state index contributed by atoms with van der Waals surface area (Å²) >= 11 is 0. The number of aliphatic carboxylic acids is 1. The highest BCUT2D eigenvalue weighted by molar-refractivity contribution is 5.80. The van der Waals surface area contributed by atoms with E-state index in [0.29, 0.717) is 31.1 Å². The highest BCUT2D eigenvalue weighted by atomic mass is 19.2. The second-order valence-electron chi connectivity index (χ2n) is 9.33. The van der Waals surface area contributed by atoms with Crippen LogP contribution >= 0.6 is 0 Å². The molecule has 0 spiro atoms. The molecule has 2 aromatic carbocycles. The van der Waals surface area contributed by atoms with Crippen LogP contribution in [0.5, 0.6) is 5.75 Å². The van der Waals surface area contributed by atoms with E-state index in [-0.39, 0.29) is 43.8 Å². The second-order valence-corrected chi connectivity index (χ2v) is 9.33. The maximum absolute atomic E-state index is 14.4. The van der Waals surface area contributed by atoms with Gasteiger partial charge in [0.15, 0.2) is 17.5 Å². The summed E-state index contributed by atoms with van der Waals surface area (Å²) in [5.74, 6) is -5.42. The van der Waals surface area contributed by atoms with Gasteiger partial charge in [0.2, 0.25) is 5.91 Å². The van der Waals surface area contributed by atoms with Gasteiger partial charge in [-0.1, -0.05) is 18.2 Å². The Labute approximate surface area is 223 Å². The van der Waals surface area contributed by atoms with E-state index in [2.05, 4.69) is 5.32 Å². The summed E-state index contributed by atoms with van der Waals surface area (Å²) in [4.78, 5) is 25.8. The fourth-order valence-corrected chi connectivity index (χ4v) is 4.53. The molecule has 0 fully saturated rings. The number of benzene rings is 2. The van der Waals surface area contributed by atoms with Gasteiger partial charge in [-0.15, -0.1) is 0 Å². The summed E-state index contributed by atoms with van der Waals surface area (Å²) in [5.41, 5.74) is 1.38. The topological polar surface area (TPSA) is 106 Å². The van der Waals surface area contributed by atoms with Crippen LogP contribution in [0.4, 0.5) is 19.0 Å². The zero-order chi connectivity index (χ0) is 27.9. The third-order valence-electron chi connectivity index (χ3n) is 6.57. The van der Waals surface area contributed by atoms with Gasteiger partial charge in [0.25, 0.3) is 5.82 Å². The number of carboxylic acids is 1. The highest BCUT2D eigenvalue weighted by Gasteiger charge is 2.31. The Morgan fingerprint density at radius 1 is 1.13 bits per heavy atom. The minimum atomic E-state index is -1.61. The summed E-state index contributed by atoms with van der Waals surface area (Å²) in [6, 6.07) is 12.3. The first-order chi connectivity index (χ1) is 18.7. The summed E-state index contributed by atoms with van der Waals surface area (Å²) in [6.45, 7) is 0.610. The lowest BCUT2D eigenvalue weighted by molar-refractivity contribution is -0.590. The van der Waals surface area contributed by atoms with Crippen LogP contribution in [0.25, 0.3) is 0 Å². The average Bonchev–Trinajstić information content (AvgIpc) is 3.04. The Bertz CT molecular complexity index is 1350. The zero-order valence-electron chi connectivity index (χ0n) is 21.0. The number of aromatic nitrogens is 1. The van der Waals surface area contributed by atoms with E-state index in [1.54, 1.807) is 30.3 Å². The van der Waals surface area contributed by atoms with Gasteiger partial charge in [0, 0.05) is 43.5 Å². The summed E-state index contributed by atoms with van der Waals surface area (Å²) < 4.78 is 48.3. The number of pyridine rings is 1. The third-order valence-corrected chi connectivity index (χ3v) is 6.57. The van der Waals surface area contributed by atoms with Crippen LogP contribution < -0.4 is 14.8 Å². The molecule has 3 aromatic rings. The number of rotatable bonds is 11. The van der Waals surface area contributed by atoms with Crippen molar-refractivity contribution in [3.63, 3.8) is 0 Å². The molecule has 11 heteroatoms. The molecule has 1 amide bonds. The number of carbonyl (C=O) groups excluding carboxylic acids is 1. The molecule has 206 valence electrons. The number of nitrogens with zero attached hydrogens (tertiary/aromatic N) is 2. The van der Waals surface area contributed by atoms with Crippen molar-refractivity contribution in [3.8, 4) is 5.75 Å². The van der Waals surface area contributed by atoms with Crippen molar-refractivity contribution in [2.75, 3.05) is 18.5 Å². The Kier molecular flexibility index (Phi) is 8.90. The van der Waals surface area contributed by atoms with Crippen LogP contribution in [0.15, 0.2) is 54.7 Å². The molecular formula is C28H28F3N3O5. The fourth-order valence-electron chi connectivity index (χ4n) is 4.53. The number of nitrogens with one attached hydrogen (secondary N) is 1. The highest BCUT2D eigenvalue weighted by Crippen LogP contribution is 2.30. The molecule has 2 heterocycles. The maximum Gasteiger partial charge on any atom is 0.303 e. The number of fused-ring (bicyclic) bond motifs is 1. The first-order valence-corrected chi connectivity index (χ1v) is 12.5. The van der Waals surface area contributed by atoms with E-state index in [1.807, 2.05) is 6.07 Å². The van der Waals surface area contributed by atoms with Gasteiger partial charge >= 0.3 is 5.97 Å². The largest absolute Gasteiger partial charge is 0.711 e. The van der Waals surface area contributed by atoms with Crippen LogP contribution in [0.3, 0.4) is 0 Å². The molecule has 0 saturated heterocycles. The summed E-state index contributed by atoms with van der Waals surface area (Å²) in [5, 5.41) is 23.9. The molecular weight excluding hydrogens is 515 g/mol. The predicted octanol–water partition coefficient (Wildman–Crippen LogP) is 4.18. The van der Waals surface area contributed by atoms with Gasteiger partial charge in [-0.25, -0.2) is 17.9 Å². The standard InChI is InChI=1S/C28H28F3N3O5/c29-23-9-6-20(26(30)27(23)31)16-33-17-21-15-22(39-13-3-11-32-24-4-1-2-12-34(24)38)8-5-18(21)14-19(28(33)37)7-10-25(35)36/h1-2,4-6,8-9,12,15,19,32H,3,7,10-11,13-14,16-17H2,(H,35,36)/t19-/m0/s1. The number of anilines is 1. The average molecular weight is 544 g/mol. The Hall–Kier alpha value is -4.28. The number of hydrogen-bond donors (Lipinski definition) is 2. The van der Waals surface area contributed by atoms with Crippen LogP contribution in [0.1, 0.15) is 36.0 Å². The molecule has 0 radical (unpaired) electrons. The first-order valence-electron chi connectivity index (χ1n) is 12.5. The van der Waals surface area contributed by atoms with E-state index in [1.165, 1.54) is 11.1 Å². The number of amides is 1. The number of hydrogen-bond acceptors (Lipinski definition) is 5. The second kappa shape index (κ2) is 12.5. The first kappa shape index (κ1) is 27.7. The quantitative estimate of drug-likeness (QED) is 0.163. The Morgan fingerprint density at radius 3 is 2.72 bits per heavy atom. The van der Waals surface area contributed by atoms with E-state index >= 15 is 0 Å². The van der Waals surface area contributed by atoms with Crippen molar-refractivity contribution < 1.29 is 37.3 Å². The van der Waals surface area contributed by atoms with Gasteiger partial charge in [-0.3, -0.25) is 14.9 Å². The van der Waals surface area contributed by atoms with Crippen LogP contribution in [0.2, 0.25) is 0 Å². The van der Waals surface area contributed by atoms with E-state index < -0.39 is 29.3 Å². The van der Waals surface area contributed by atoms with Gasteiger partial charge < -0.3 is 20.0 Å². The lowest BCUT2D eigenvalue weighted by atomic mass is 9.93. The lowest BCUT2D eigenvalue weighted by Gasteiger charge is -2.25. The number of carbonyl (C=O) groups is 2. The molecule has 4 rings (SSSR count). The Balaban J connectivity index is 1.47. The smallest absolute Gasteiger partial charge is 0.303 e. The van der Waals surface area contributed by atoms with Crippen molar-refractivity contribution in [2.24, 2.45) is 5.92 Å². The maximum atomic E-state index is 14.4. The van der Waals surface area contributed by atoms with Gasteiger partial charge in [-0.2, -0.15) is 0 Å². The van der Waals surface area contributed by atoms with Crippen molar-refractivity contribution in [3.05, 3.63) is 94.1 Å². The Morgan fingerprint density at radius 2 is 1.95 bits per heavy atom. The van der Waals surface area contributed by atoms with E-state index in [0.717, 1.165) is 28.0 Å². The summed E-state index contributed by atoms with van der Waals surface area (Å²) in [7, 11) is 0. The van der Waals surface area contributed by atoms with Crippen LogP contribution in [0, 0.1) is 28.6 Å². The number of carboxylic acid groups (broad SMARTS) is 1. The SMILES string of the molecule is O=C(O)CC[C@H]1Cc2ccc(OCCCNc3cccc[n+]3[O-])cc2CN(Cc2ccc(F)c(F)c2F)C1=O. The number of ether oxygens (including phenoxy) is 1. The van der Waals surface area contributed by atoms with Gasteiger partial charge in [-0.05, 0) is 48.2 Å². The minimum Gasteiger partial charge on any atom is -0.711 e. The molecule has 8 nitrogen and oxygen atoms in total. The molecule has 0 unspecified atom stereocenters. The molecule has 39 heavy (non-hydrogen) atoms. The van der Waals surface area contributed by atoms with Crippen molar-refractivity contribution in [2.45, 2.75) is 38.8 Å². The van der Waals surface area contributed by atoms with E-state index in [4.69, 9.17) is 9.84 Å². The van der Waals surface area contributed by atoms with Crippen molar-refractivity contribution in [1.29, 1.82) is 0 Å². The van der Waals surface area contributed by atoms with Crippen LogP contribution in [-0.4, -0.2) is 35.0 Å². The normalized spacial score (nSPS) is 15.0. The number of halogens is 3. The molecule has 0 saturated carbocycles. The van der Waals surface area contributed by atoms with Gasteiger partial charge in [0.1, 0.15) is 5.75 Å². The molecule has 1 aromatic heterocycles. The fraction of sp³-hybridized carbons (Fsp3) is 0.321. The molecule has 1 atom stereocenters. The molecule has 2 N–H and O–H groups in total. The van der Waals surface area contributed by atoms with Crippen molar-refractivity contribution >= 4 is 17.7 Å². The van der Waals surface area contributed by atoms with E-state index in [9.17, 15) is 28.0 Å². The molecule has 0 bridgehead atoms. The predicted molar refractivity (Wildman–Crippen MR) is 135 cm³/mol. The monoisotopic (exact) mass is 543 g/mol. The van der Waals surface area contributed by atoms with Crippen molar-refractivity contribution in [1.82, 2.24) is 4.90 Å². The molecule has 0 aliphatic carbocycles. The molecule has 1 aliphatic heterocycles. The molecule has 1 aliphatic rings. The zero-order valence-corrected chi connectivity index (χ0v) is 21.0. The lowest BCUT2D eigenvalue weighted by Crippen LogP contribution is -2.34.